The zero-order valence-corrected chi connectivity index (χ0v) is 12.3. The molecule has 1 aromatic rings. The Morgan fingerprint density at radius 1 is 1.33 bits per heavy atom. The number of methoxy groups -OCH3 is 1. The van der Waals surface area contributed by atoms with Crippen LogP contribution in [0, 0.1) is 0 Å². The van der Waals surface area contributed by atoms with Crippen molar-refractivity contribution in [2.24, 2.45) is 0 Å². The molecule has 0 aliphatic heterocycles. The van der Waals surface area contributed by atoms with Gasteiger partial charge in [-0.25, -0.2) is 0 Å². The van der Waals surface area contributed by atoms with Gasteiger partial charge in [-0.2, -0.15) is 0 Å². The zero-order valence-electron chi connectivity index (χ0n) is 11.5. The predicted molar refractivity (Wildman–Crippen MR) is 81.2 cm³/mol. The predicted octanol–water partition coefficient (Wildman–Crippen LogP) is 3.44. The molecule has 0 aromatic heterocycles. The first-order valence-electron chi connectivity index (χ1n) is 6.33. The highest BCUT2D eigenvalue weighted by Crippen LogP contribution is 2.16. The lowest BCUT2D eigenvalue weighted by molar-refractivity contribution is 0.200. The van der Waals surface area contributed by atoms with Gasteiger partial charge in [-0.15, -0.1) is 11.8 Å². The average molecular weight is 265 g/mol. The number of rotatable bonds is 8. The van der Waals surface area contributed by atoms with Crippen molar-refractivity contribution in [3.05, 3.63) is 35.4 Å². The Hall–Kier alpha value is -0.770. The zero-order chi connectivity index (χ0) is 13.2. The molecule has 0 spiro atoms. The number of nitrogens with one attached hydrogen (secondary N) is 1. The first-order chi connectivity index (χ1) is 8.80. The van der Waals surface area contributed by atoms with Crippen molar-refractivity contribution in [2.75, 3.05) is 33.1 Å². The van der Waals surface area contributed by atoms with Gasteiger partial charge in [0.05, 0.1) is 6.61 Å². The SMILES string of the molecule is CCC(=Cc1ccc(SC)cc1)CNCCOC. The third-order valence-electron chi connectivity index (χ3n) is 2.78. The topological polar surface area (TPSA) is 21.3 Å². The van der Waals surface area contributed by atoms with E-state index in [1.807, 2.05) is 0 Å². The Bertz CT molecular complexity index is 359. The maximum atomic E-state index is 5.02. The highest BCUT2D eigenvalue weighted by atomic mass is 32.2. The molecule has 100 valence electrons. The van der Waals surface area contributed by atoms with Crippen molar-refractivity contribution in [1.82, 2.24) is 5.32 Å². The Morgan fingerprint density at radius 2 is 2.06 bits per heavy atom. The van der Waals surface area contributed by atoms with Crippen LogP contribution >= 0.6 is 11.8 Å². The van der Waals surface area contributed by atoms with Crippen molar-refractivity contribution >= 4 is 17.8 Å². The molecule has 3 heteroatoms. The van der Waals surface area contributed by atoms with Gasteiger partial charge in [0.25, 0.3) is 0 Å². The summed E-state index contributed by atoms with van der Waals surface area (Å²) in [7, 11) is 1.73. The lowest BCUT2D eigenvalue weighted by Crippen LogP contribution is -2.21. The summed E-state index contributed by atoms with van der Waals surface area (Å²) in [5, 5.41) is 3.38. The van der Waals surface area contributed by atoms with E-state index in [4.69, 9.17) is 4.74 Å². The molecule has 1 rings (SSSR count). The fourth-order valence-corrected chi connectivity index (χ4v) is 2.05. The molecule has 0 aliphatic carbocycles. The quantitative estimate of drug-likeness (QED) is 0.575. The highest BCUT2D eigenvalue weighted by molar-refractivity contribution is 7.98. The second kappa shape index (κ2) is 9.20. The van der Waals surface area contributed by atoms with Gasteiger partial charge in [0, 0.05) is 25.1 Å². The normalized spacial score (nSPS) is 11.8. The first kappa shape index (κ1) is 15.3. The van der Waals surface area contributed by atoms with Crippen molar-refractivity contribution in [2.45, 2.75) is 18.2 Å². The van der Waals surface area contributed by atoms with Gasteiger partial charge in [0.2, 0.25) is 0 Å². The number of thioether (sulfide) groups is 1. The van der Waals surface area contributed by atoms with E-state index in [2.05, 4.69) is 48.8 Å². The van der Waals surface area contributed by atoms with Crippen molar-refractivity contribution in [3.63, 3.8) is 0 Å². The minimum Gasteiger partial charge on any atom is -0.383 e. The fraction of sp³-hybridized carbons (Fsp3) is 0.467. The van der Waals surface area contributed by atoms with Crippen LogP contribution in [-0.2, 0) is 4.74 Å². The first-order valence-corrected chi connectivity index (χ1v) is 7.55. The second-order valence-electron chi connectivity index (χ2n) is 4.10. The number of benzene rings is 1. The van der Waals surface area contributed by atoms with Crippen LogP contribution < -0.4 is 5.32 Å². The summed E-state index contributed by atoms with van der Waals surface area (Å²) in [5.74, 6) is 0. The molecule has 18 heavy (non-hydrogen) atoms. The van der Waals surface area contributed by atoms with Crippen LogP contribution in [0.1, 0.15) is 18.9 Å². The van der Waals surface area contributed by atoms with Crippen molar-refractivity contribution in [3.8, 4) is 0 Å². The van der Waals surface area contributed by atoms with E-state index in [1.165, 1.54) is 16.0 Å². The van der Waals surface area contributed by atoms with Crippen molar-refractivity contribution in [1.29, 1.82) is 0 Å². The van der Waals surface area contributed by atoms with Crippen LogP contribution in [0.2, 0.25) is 0 Å². The van der Waals surface area contributed by atoms with E-state index in [0.717, 1.165) is 26.1 Å². The van der Waals surface area contributed by atoms with Crippen LogP contribution in [0.3, 0.4) is 0 Å². The molecule has 1 N–H and O–H groups in total. The Labute approximate surface area is 115 Å². The van der Waals surface area contributed by atoms with Gasteiger partial charge in [-0.3, -0.25) is 0 Å². The molecule has 0 unspecified atom stereocenters. The maximum absolute atomic E-state index is 5.02. The molecule has 0 heterocycles. The van der Waals surface area contributed by atoms with E-state index < -0.39 is 0 Å². The van der Waals surface area contributed by atoms with Crippen LogP contribution in [0.4, 0.5) is 0 Å². The Kier molecular flexibility index (Phi) is 7.81. The van der Waals surface area contributed by atoms with Gasteiger partial charge < -0.3 is 10.1 Å². The fourth-order valence-electron chi connectivity index (χ4n) is 1.64. The van der Waals surface area contributed by atoms with E-state index in [9.17, 15) is 0 Å². The van der Waals surface area contributed by atoms with Crippen LogP contribution in [0.5, 0.6) is 0 Å². The third-order valence-corrected chi connectivity index (χ3v) is 3.52. The average Bonchev–Trinajstić information content (AvgIpc) is 2.43. The Balaban J connectivity index is 2.53. The molecule has 0 atom stereocenters. The highest BCUT2D eigenvalue weighted by Gasteiger charge is 1.96. The second-order valence-corrected chi connectivity index (χ2v) is 4.98. The number of hydrogen-bond acceptors (Lipinski definition) is 3. The van der Waals surface area contributed by atoms with E-state index in [-0.39, 0.29) is 0 Å². The summed E-state index contributed by atoms with van der Waals surface area (Å²) in [6, 6.07) is 8.69. The summed E-state index contributed by atoms with van der Waals surface area (Å²) < 4.78 is 5.02. The molecule has 0 aliphatic rings. The van der Waals surface area contributed by atoms with Crippen LogP contribution in [-0.4, -0.2) is 33.1 Å². The van der Waals surface area contributed by atoms with Gasteiger partial charge in [-0.05, 0) is 30.4 Å². The largest absolute Gasteiger partial charge is 0.383 e. The number of hydrogen-bond donors (Lipinski definition) is 1. The minimum atomic E-state index is 0.763. The summed E-state index contributed by atoms with van der Waals surface area (Å²) in [4.78, 5) is 1.31. The van der Waals surface area contributed by atoms with Crippen LogP contribution in [0.25, 0.3) is 6.08 Å². The van der Waals surface area contributed by atoms with E-state index in [0.29, 0.717) is 0 Å². The molecule has 0 saturated heterocycles. The van der Waals surface area contributed by atoms with Gasteiger partial charge >= 0.3 is 0 Å². The summed E-state index contributed by atoms with van der Waals surface area (Å²) in [6.07, 6.45) is 5.44. The van der Waals surface area contributed by atoms with Crippen molar-refractivity contribution < 1.29 is 4.74 Å². The molecular formula is C15H23NOS. The molecule has 1 aromatic carbocycles. The smallest absolute Gasteiger partial charge is 0.0587 e. The minimum absolute atomic E-state index is 0.763. The molecule has 0 saturated carbocycles. The maximum Gasteiger partial charge on any atom is 0.0587 e. The van der Waals surface area contributed by atoms with Gasteiger partial charge in [-0.1, -0.05) is 30.7 Å². The number of ether oxygens (including phenoxy) is 1. The summed E-state index contributed by atoms with van der Waals surface area (Å²) in [6.45, 7) is 4.79. The molecule has 0 bridgehead atoms. The standard InChI is InChI=1S/C15H23NOS/c1-4-13(12-16-9-10-17-2)11-14-5-7-15(18-3)8-6-14/h5-8,11,16H,4,9-10,12H2,1-3H3. The van der Waals surface area contributed by atoms with E-state index >= 15 is 0 Å². The van der Waals surface area contributed by atoms with E-state index in [1.54, 1.807) is 18.9 Å². The monoisotopic (exact) mass is 265 g/mol. The van der Waals surface area contributed by atoms with Gasteiger partial charge in [0.15, 0.2) is 0 Å². The summed E-state index contributed by atoms with van der Waals surface area (Å²) >= 11 is 1.77. The Morgan fingerprint density at radius 3 is 2.61 bits per heavy atom. The van der Waals surface area contributed by atoms with Gasteiger partial charge in [0.1, 0.15) is 0 Å². The molecule has 0 fully saturated rings. The summed E-state index contributed by atoms with van der Waals surface area (Å²) in [5.41, 5.74) is 2.70. The lowest BCUT2D eigenvalue weighted by Gasteiger charge is -2.07. The third kappa shape index (κ3) is 5.71. The molecular weight excluding hydrogens is 242 g/mol. The molecule has 0 amide bonds. The molecule has 0 radical (unpaired) electrons. The molecule has 2 nitrogen and oxygen atoms in total. The van der Waals surface area contributed by atoms with Crippen LogP contribution in [0.15, 0.2) is 34.7 Å². The lowest BCUT2D eigenvalue weighted by atomic mass is 10.1.